The molecule has 0 spiro atoms. The maximum Gasteiger partial charge on any atom is 0.420 e. The number of hydrogen-bond donors (Lipinski definition) is 1. The van der Waals surface area contributed by atoms with E-state index in [0.717, 1.165) is 43.5 Å². The standard InChI is InChI=1S/C23H25N3O4/c1-16-6-5-7-17(12-16)14-24-21(27)15-26-19-13-18(8-9-20(19)30-23(26)29)22(28)25-10-3-2-4-11-25/h5-9,12-13H,2-4,10-11,14-15H2,1H3,(H,24,27). The van der Waals surface area contributed by atoms with Gasteiger partial charge in [-0.3, -0.25) is 14.2 Å². The molecule has 2 aromatic carbocycles. The SMILES string of the molecule is Cc1cccc(CNC(=O)Cn2c(=O)oc3ccc(C(=O)N4CCCCC4)cc32)c1. The van der Waals surface area contributed by atoms with Crippen molar-refractivity contribution in [2.45, 2.75) is 39.3 Å². The van der Waals surface area contributed by atoms with Crippen molar-refractivity contribution in [2.24, 2.45) is 0 Å². The second-order valence-electron chi connectivity index (χ2n) is 7.76. The van der Waals surface area contributed by atoms with Crippen LogP contribution in [-0.2, 0) is 17.9 Å². The molecule has 0 radical (unpaired) electrons. The molecule has 1 aliphatic rings. The summed E-state index contributed by atoms with van der Waals surface area (Å²) in [7, 11) is 0. The van der Waals surface area contributed by atoms with Crippen molar-refractivity contribution in [3.63, 3.8) is 0 Å². The third-order valence-corrected chi connectivity index (χ3v) is 5.43. The first-order chi connectivity index (χ1) is 14.5. The largest absolute Gasteiger partial charge is 0.420 e. The van der Waals surface area contributed by atoms with E-state index < -0.39 is 5.76 Å². The van der Waals surface area contributed by atoms with Crippen LogP contribution in [0, 0.1) is 6.92 Å². The number of nitrogens with zero attached hydrogens (tertiary/aromatic N) is 2. The van der Waals surface area contributed by atoms with E-state index in [1.54, 1.807) is 18.2 Å². The van der Waals surface area contributed by atoms with Gasteiger partial charge in [0.05, 0.1) is 5.52 Å². The highest BCUT2D eigenvalue weighted by Crippen LogP contribution is 2.19. The number of rotatable bonds is 5. The summed E-state index contributed by atoms with van der Waals surface area (Å²) in [6.07, 6.45) is 3.15. The van der Waals surface area contributed by atoms with E-state index in [0.29, 0.717) is 23.2 Å². The first-order valence-corrected chi connectivity index (χ1v) is 10.3. The zero-order chi connectivity index (χ0) is 21.1. The van der Waals surface area contributed by atoms with E-state index in [2.05, 4.69) is 5.32 Å². The fourth-order valence-electron chi connectivity index (χ4n) is 3.85. The van der Waals surface area contributed by atoms with Gasteiger partial charge in [-0.15, -0.1) is 0 Å². The number of nitrogens with one attached hydrogen (secondary N) is 1. The summed E-state index contributed by atoms with van der Waals surface area (Å²) in [5, 5.41) is 2.83. The van der Waals surface area contributed by atoms with Crippen LogP contribution < -0.4 is 11.1 Å². The van der Waals surface area contributed by atoms with Crippen LogP contribution in [0.15, 0.2) is 51.7 Å². The molecule has 7 nitrogen and oxygen atoms in total. The molecule has 7 heteroatoms. The average Bonchev–Trinajstić information content (AvgIpc) is 3.07. The van der Waals surface area contributed by atoms with Gasteiger partial charge in [0.15, 0.2) is 5.58 Å². The van der Waals surface area contributed by atoms with Crippen molar-refractivity contribution in [3.05, 3.63) is 69.7 Å². The molecule has 30 heavy (non-hydrogen) atoms. The van der Waals surface area contributed by atoms with Gasteiger partial charge in [-0.25, -0.2) is 4.79 Å². The Hall–Kier alpha value is -3.35. The second kappa shape index (κ2) is 8.57. The number of carbonyl (C=O) groups excluding carboxylic acids is 2. The summed E-state index contributed by atoms with van der Waals surface area (Å²) >= 11 is 0. The van der Waals surface area contributed by atoms with Gasteiger partial charge in [0.1, 0.15) is 6.54 Å². The maximum atomic E-state index is 12.8. The highest BCUT2D eigenvalue weighted by molar-refractivity contribution is 5.97. The summed E-state index contributed by atoms with van der Waals surface area (Å²) in [5.74, 6) is -0.965. The van der Waals surface area contributed by atoms with Crippen molar-refractivity contribution < 1.29 is 14.0 Å². The number of likely N-dealkylation sites (tertiary alicyclic amines) is 1. The molecule has 1 fully saturated rings. The van der Waals surface area contributed by atoms with Crippen LogP contribution in [-0.4, -0.2) is 34.4 Å². The minimum atomic E-state index is -0.613. The first kappa shape index (κ1) is 19.9. The molecule has 1 saturated heterocycles. The Morgan fingerprint density at radius 3 is 2.63 bits per heavy atom. The van der Waals surface area contributed by atoms with Crippen LogP contribution in [0.1, 0.15) is 40.7 Å². The highest BCUT2D eigenvalue weighted by atomic mass is 16.4. The van der Waals surface area contributed by atoms with Crippen LogP contribution in [0.25, 0.3) is 11.1 Å². The number of aromatic nitrogens is 1. The zero-order valence-electron chi connectivity index (χ0n) is 17.0. The van der Waals surface area contributed by atoms with Crippen LogP contribution in [0.4, 0.5) is 0 Å². The molecule has 3 aromatic rings. The third kappa shape index (κ3) is 4.30. The number of piperidine rings is 1. The molecule has 0 aliphatic carbocycles. The fourth-order valence-corrected chi connectivity index (χ4v) is 3.85. The van der Waals surface area contributed by atoms with E-state index in [1.165, 1.54) is 4.57 Å². The van der Waals surface area contributed by atoms with E-state index in [9.17, 15) is 14.4 Å². The maximum absolute atomic E-state index is 12.8. The lowest BCUT2D eigenvalue weighted by Gasteiger charge is -2.26. The lowest BCUT2D eigenvalue weighted by atomic mass is 10.1. The lowest BCUT2D eigenvalue weighted by molar-refractivity contribution is -0.121. The molecule has 2 heterocycles. The Bertz CT molecular complexity index is 1140. The topological polar surface area (TPSA) is 84.5 Å². The highest BCUT2D eigenvalue weighted by Gasteiger charge is 2.20. The molecule has 1 aromatic heterocycles. The summed E-state index contributed by atoms with van der Waals surface area (Å²) < 4.78 is 6.53. The van der Waals surface area contributed by atoms with Gasteiger partial charge in [-0.05, 0) is 49.9 Å². The number of benzene rings is 2. The second-order valence-corrected chi connectivity index (χ2v) is 7.76. The summed E-state index contributed by atoms with van der Waals surface area (Å²) in [4.78, 5) is 39.4. The fraction of sp³-hybridized carbons (Fsp3) is 0.348. The molecule has 0 bridgehead atoms. The molecule has 2 amide bonds. The van der Waals surface area contributed by atoms with Crippen molar-refractivity contribution >= 4 is 22.9 Å². The van der Waals surface area contributed by atoms with Gasteiger partial charge in [-0.2, -0.15) is 0 Å². The van der Waals surface area contributed by atoms with Crippen molar-refractivity contribution in [1.29, 1.82) is 0 Å². The lowest BCUT2D eigenvalue weighted by Crippen LogP contribution is -2.35. The first-order valence-electron chi connectivity index (χ1n) is 10.3. The molecule has 0 atom stereocenters. The summed E-state index contributed by atoms with van der Waals surface area (Å²) in [5.41, 5.74) is 3.42. The van der Waals surface area contributed by atoms with Crippen LogP contribution in [0.5, 0.6) is 0 Å². The van der Waals surface area contributed by atoms with Gasteiger partial charge >= 0.3 is 5.76 Å². The number of oxazole rings is 1. The smallest absolute Gasteiger partial charge is 0.408 e. The van der Waals surface area contributed by atoms with Crippen molar-refractivity contribution in [1.82, 2.24) is 14.8 Å². The molecule has 1 N–H and O–H groups in total. The Kier molecular flexibility index (Phi) is 5.70. The van der Waals surface area contributed by atoms with Crippen LogP contribution >= 0.6 is 0 Å². The van der Waals surface area contributed by atoms with E-state index in [1.807, 2.05) is 36.1 Å². The molecule has 0 saturated carbocycles. The molecule has 4 rings (SSSR count). The summed E-state index contributed by atoms with van der Waals surface area (Å²) in [6, 6.07) is 12.8. The van der Waals surface area contributed by atoms with Crippen LogP contribution in [0.2, 0.25) is 0 Å². The third-order valence-electron chi connectivity index (χ3n) is 5.43. The Morgan fingerprint density at radius 2 is 1.87 bits per heavy atom. The van der Waals surface area contributed by atoms with Gasteiger partial charge < -0.3 is 14.6 Å². The molecule has 1 aliphatic heterocycles. The number of aryl methyl sites for hydroxylation is 1. The number of carbonyl (C=O) groups is 2. The quantitative estimate of drug-likeness (QED) is 0.705. The summed E-state index contributed by atoms with van der Waals surface area (Å²) in [6.45, 7) is 3.70. The molecular weight excluding hydrogens is 382 g/mol. The van der Waals surface area contributed by atoms with Crippen molar-refractivity contribution in [3.8, 4) is 0 Å². The van der Waals surface area contributed by atoms with Gasteiger partial charge in [0.2, 0.25) is 5.91 Å². The van der Waals surface area contributed by atoms with E-state index >= 15 is 0 Å². The normalized spacial score (nSPS) is 14.1. The van der Waals surface area contributed by atoms with Gasteiger partial charge in [0.25, 0.3) is 5.91 Å². The monoisotopic (exact) mass is 407 g/mol. The number of amides is 2. The van der Waals surface area contributed by atoms with E-state index in [4.69, 9.17) is 4.42 Å². The zero-order valence-corrected chi connectivity index (χ0v) is 17.0. The molecule has 156 valence electrons. The predicted octanol–water partition coefficient (Wildman–Crippen LogP) is 2.85. The molecule has 0 unspecified atom stereocenters. The number of hydrogen-bond acceptors (Lipinski definition) is 4. The molecular formula is C23H25N3O4. The van der Waals surface area contributed by atoms with E-state index in [-0.39, 0.29) is 18.4 Å². The minimum Gasteiger partial charge on any atom is -0.408 e. The Morgan fingerprint density at radius 1 is 1.07 bits per heavy atom. The predicted molar refractivity (Wildman–Crippen MR) is 113 cm³/mol. The van der Waals surface area contributed by atoms with Crippen LogP contribution in [0.3, 0.4) is 0 Å². The van der Waals surface area contributed by atoms with Gasteiger partial charge in [-0.1, -0.05) is 29.8 Å². The van der Waals surface area contributed by atoms with Crippen molar-refractivity contribution in [2.75, 3.05) is 13.1 Å². The number of fused-ring (bicyclic) bond motifs is 1. The van der Waals surface area contributed by atoms with Gasteiger partial charge in [0, 0.05) is 25.2 Å². The Labute approximate surface area is 174 Å². The average molecular weight is 407 g/mol. The Balaban J connectivity index is 1.51. The minimum absolute atomic E-state index is 0.0549.